The summed E-state index contributed by atoms with van der Waals surface area (Å²) in [5.41, 5.74) is 0.656. The van der Waals surface area contributed by atoms with Gasteiger partial charge in [-0.15, -0.1) is 0 Å². The summed E-state index contributed by atoms with van der Waals surface area (Å²) in [6, 6.07) is 9.26. The second-order valence-corrected chi connectivity index (χ2v) is 6.48. The standard InChI is InChI=1S/C14H17NO2.C4H6O6/c16-14(12-4-2-1-3-5-12)17-13-10-15-8-6-11(13)7-9-15;5-1(3(7)8)2(6)4(9)10/h1-5,11,13H,6-10H2;1-2,5-6H,(H,7,8)(H,9,10)/p-2/t13-;1-,2-/m01/s1. The second-order valence-electron chi connectivity index (χ2n) is 6.48. The lowest BCUT2D eigenvalue weighted by Gasteiger charge is -2.43. The van der Waals surface area contributed by atoms with Crippen molar-refractivity contribution in [3.05, 3.63) is 35.9 Å². The van der Waals surface area contributed by atoms with Gasteiger partial charge in [-0.05, 0) is 44.0 Å². The van der Waals surface area contributed by atoms with Crippen LogP contribution in [0.5, 0.6) is 0 Å². The predicted molar refractivity (Wildman–Crippen MR) is 86.8 cm³/mol. The van der Waals surface area contributed by atoms with Gasteiger partial charge >= 0.3 is 5.97 Å². The molecule has 2 N–H and O–H groups in total. The summed E-state index contributed by atoms with van der Waals surface area (Å²) in [5.74, 6) is -3.72. The number of benzene rings is 1. The van der Waals surface area contributed by atoms with Crippen molar-refractivity contribution in [2.75, 3.05) is 19.6 Å². The van der Waals surface area contributed by atoms with Crippen molar-refractivity contribution in [3.63, 3.8) is 0 Å². The van der Waals surface area contributed by atoms with Gasteiger partial charge in [0.1, 0.15) is 18.3 Å². The molecule has 0 radical (unpaired) electrons. The molecule has 3 heterocycles. The van der Waals surface area contributed by atoms with Crippen LogP contribution in [0.2, 0.25) is 0 Å². The number of rotatable bonds is 5. The van der Waals surface area contributed by atoms with Gasteiger partial charge in [0.15, 0.2) is 0 Å². The number of nitrogens with zero attached hydrogens (tertiary/aromatic N) is 1. The first-order valence-corrected chi connectivity index (χ1v) is 8.55. The predicted octanol–water partition coefficient (Wildman–Crippen LogP) is -2.85. The molecule has 0 aliphatic carbocycles. The van der Waals surface area contributed by atoms with Crippen LogP contribution in [-0.2, 0) is 14.3 Å². The molecule has 3 saturated heterocycles. The average Bonchev–Trinajstić information content (AvgIpc) is 2.68. The van der Waals surface area contributed by atoms with E-state index in [0.29, 0.717) is 11.5 Å². The Balaban J connectivity index is 0.000000227. The number of esters is 1. The van der Waals surface area contributed by atoms with Crippen LogP contribution >= 0.6 is 0 Å². The molecule has 1 aromatic rings. The van der Waals surface area contributed by atoms with E-state index in [1.54, 1.807) is 0 Å². The van der Waals surface area contributed by atoms with E-state index in [1.807, 2.05) is 30.3 Å². The Morgan fingerprint density at radius 3 is 1.93 bits per heavy atom. The summed E-state index contributed by atoms with van der Waals surface area (Å²) in [6.07, 6.45) is -2.43. The number of aliphatic carboxylic acids is 2. The quantitative estimate of drug-likeness (QED) is 0.515. The molecule has 3 aliphatic heterocycles. The fourth-order valence-electron chi connectivity index (χ4n) is 3.08. The first-order valence-electron chi connectivity index (χ1n) is 8.55. The van der Waals surface area contributed by atoms with Crippen LogP contribution in [0.3, 0.4) is 0 Å². The van der Waals surface area contributed by atoms with Crippen molar-refractivity contribution in [1.82, 2.24) is 4.90 Å². The average molecular weight is 379 g/mol. The molecule has 0 saturated carbocycles. The number of piperidine rings is 3. The van der Waals surface area contributed by atoms with Crippen LogP contribution < -0.4 is 10.2 Å². The van der Waals surface area contributed by atoms with Gasteiger partial charge in [0, 0.05) is 6.54 Å². The summed E-state index contributed by atoms with van der Waals surface area (Å²) in [7, 11) is 0. The summed E-state index contributed by atoms with van der Waals surface area (Å²) in [5, 5.41) is 35.7. The van der Waals surface area contributed by atoms with E-state index in [9.17, 15) is 24.6 Å². The minimum absolute atomic E-state index is 0.102. The van der Waals surface area contributed by atoms with Gasteiger partial charge in [0.25, 0.3) is 0 Å². The second kappa shape index (κ2) is 9.45. The number of ether oxygens (including phenoxy) is 1. The minimum atomic E-state index is -2.44. The normalized spacial score (nSPS) is 25.5. The van der Waals surface area contributed by atoms with Crippen LogP contribution in [0, 0.1) is 5.92 Å². The molecule has 4 rings (SSSR count). The van der Waals surface area contributed by atoms with Crippen molar-refractivity contribution in [2.24, 2.45) is 5.92 Å². The molecule has 0 spiro atoms. The molecule has 0 unspecified atom stereocenters. The van der Waals surface area contributed by atoms with Crippen molar-refractivity contribution in [1.29, 1.82) is 0 Å². The highest BCUT2D eigenvalue weighted by atomic mass is 16.5. The van der Waals surface area contributed by atoms with Gasteiger partial charge in [-0.3, -0.25) is 4.90 Å². The molecule has 2 bridgehead atoms. The fourth-order valence-corrected chi connectivity index (χ4v) is 3.08. The first kappa shape index (κ1) is 20.8. The van der Waals surface area contributed by atoms with Crippen molar-refractivity contribution < 1.29 is 39.5 Å². The van der Waals surface area contributed by atoms with E-state index in [2.05, 4.69) is 4.90 Å². The number of hydrogen-bond donors (Lipinski definition) is 2. The van der Waals surface area contributed by atoms with Gasteiger partial charge in [-0.1, -0.05) is 18.2 Å². The Labute approximate surface area is 155 Å². The Morgan fingerprint density at radius 2 is 1.52 bits per heavy atom. The van der Waals surface area contributed by atoms with Crippen LogP contribution in [0.4, 0.5) is 0 Å². The lowest BCUT2D eigenvalue weighted by molar-refractivity contribution is -0.333. The Hall–Kier alpha value is -2.49. The van der Waals surface area contributed by atoms with Gasteiger partial charge in [0.2, 0.25) is 0 Å². The van der Waals surface area contributed by atoms with Gasteiger partial charge in [-0.2, -0.15) is 0 Å². The third-order valence-corrected chi connectivity index (χ3v) is 4.65. The largest absolute Gasteiger partial charge is 0.547 e. The fraction of sp³-hybridized carbons (Fsp3) is 0.500. The molecule has 3 fully saturated rings. The van der Waals surface area contributed by atoms with Crippen molar-refractivity contribution >= 4 is 17.9 Å². The highest BCUT2D eigenvalue weighted by molar-refractivity contribution is 5.89. The molecule has 3 atom stereocenters. The summed E-state index contributed by atoms with van der Waals surface area (Å²) in [6.45, 7) is 3.26. The maximum atomic E-state index is 11.9. The molecule has 148 valence electrons. The van der Waals surface area contributed by atoms with Gasteiger partial charge < -0.3 is 34.8 Å². The maximum absolute atomic E-state index is 11.9. The number of fused-ring (bicyclic) bond motifs is 3. The number of carboxylic acid groups (broad SMARTS) is 2. The zero-order valence-electron chi connectivity index (χ0n) is 14.5. The van der Waals surface area contributed by atoms with E-state index < -0.39 is 24.1 Å². The SMILES string of the molecule is O=C(O[C@H]1CN2CCC1CC2)c1ccccc1.O=C([O-])[C@H](O)[C@@H](O)C(=O)[O-]. The monoisotopic (exact) mass is 379 g/mol. The maximum Gasteiger partial charge on any atom is 0.338 e. The van der Waals surface area contributed by atoms with Crippen molar-refractivity contribution in [3.8, 4) is 0 Å². The molecule has 0 aromatic heterocycles. The van der Waals surface area contributed by atoms with E-state index in [1.165, 1.54) is 25.9 Å². The van der Waals surface area contributed by atoms with E-state index >= 15 is 0 Å². The highest BCUT2D eigenvalue weighted by Crippen LogP contribution is 2.29. The summed E-state index contributed by atoms with van der Waals surface area (Å²) in [4.78, 5) is 33.6. The Morgan fingerprint density at radius 1 is 1.00 bits per heavy atom. The van der Waals surface area contributed by atoms with Crippen LogP contribution in [0.25, 0.3) is 0 Å². The number of carbonyl (C=O) groups excluding carboxylic acids is 3. The molecule has 0 amide bonds. The smallest absolute Gasteiger partial charge is 0.338 e. The molecular weight excluding hydrogens is 358 g/mol. The molecule has 1 aromatic carbocycles. The highest BCUT2D eigenvalue weighted by Gasteiger charge is 2.36. The molecular formula is C18H21NO8-2. The topological polar surface area (TPSA) is 150 Å². The lowest BCUT2D eigenvalue weighted by Crippen LogP contribution is -2.51. The van der Waals surface area contributed by atoms with E-state index in [4.69, 9.17) is 14.9 Å². The summed E-state index contributed by atoms with van der Waals surface area (Å²) >= 11 is 0. The molecule has 27 heavy (non-hydrogen) atoms. The zero-order chi connectivity index (χ0) is 20.0. The zero-order valence-corrected chi connectivity index (χ0v) is 14.5. The molecule has 9 heteroatoms. The number of aliphatic hydroxyl groups excluding tert-OH is 2. The number of carboxylic acids is 2. The Kier molecular flexibility index (Phi) is 7.28. The third-order valence-electron chi connectivity index (χ3n) is 4.65. The van der Waals surface area contributed by atoms with E-state index in [-0.39, 0.29) is 12.1 Å². The number of hydrogen-bond acceptors (Lipinski definition) is 9. The number of carbonyl (C=O) groups is 3. The van der Waals surface area contributed by atoms with Gasteiger partial charge in [-0.25, -0.2) is 4.79 Å². The van der Waals surface area contributed by atoms with Crippen molar-refractivity contribution in [2.45, 2.75) is 31.2 Å². The first-order chi connectivity index (χ1) is 12.8. The van der Waals surface area contributed by atoms with Crippen LogP contribution in [0.1, 0.15) is 23.2 Å². The minimum Gasteiger partial charge on any atom is -0.547 e. The lowest BCUT2D eigenvalue weighted by atomic mass is 9.86. The Bertz CT molecular complexity index is 639. The van der Waals surface area contributed by atoms with Crippen LogP contribution in [0.15, 0.2) is 30.3 Å². The molecule has 9 nitrogen and oxygen atoms in total. The molecule has 3 aliphatic rings. The third kappa shape index (κ3) is 5.75. The van der Waals surface area contributed by atoms with E-state index in [0.717, 1.165) is 6.54 Å². The summed E-state index contributed by atoms with van der Waals surface area (Å²) < 4.78 is 5.63. The number of aliphatic hydroxyl groups is 2. The van der Waals surface area contributed by atoms with Gasteiger partial charge in [0.05, 0.1) is 17.5 Å². The van der Waals surface area contributed by atoms with Crippen LogP contribution in [-0.4, -0.2) is 71.0 Å².